The number of carboxylic acids is 1. The Hall–Kier alpha value is -1.14. The molecule has 0 aliphatic rings. The zero-order chi connectivity index (χ0) is 10.4. The maximum Gasteiger partial charge on any atom is 0.323 e. The Labute approximate surface area is 75.3 Å². The van der Waals surface area contributed by atoms with Crippen LogP contribution in [0.4, 0.5) is 0 Å². The average molecular weight is 191 g/mol. The second-order valence-corrected chi connectivity index (χ2v) is 2.55. The van der Waals surface area contributed by atoms with E-state index in [0.29, 0.717) is 0 Å². The molecular weight excluding hydrogens is 178 g/mol. The van der Waals surface area contributed by atoms with Gasteiger partial charge in [0, 0.05) is 6.42 Å². The van der Waals surface area contributed by atoms with Gasteiger partial charge in [-0.1, -0.05) is 0 Å². The van der Waals surface area contributed by atoms with Crippen LogP contribution in [0.1, 0.15) is 12.8 Å². The third-order valence-corrected chi connectivity index (χ3v) is 1.57. The normalized spacial score (nSPS) is 14.7. The van der Waals surface area contributed by atoms with E-state index in [-0.39, 0.29) is 12.8 Å². The number of aliphatic hydroxyl groups excluding tert-OH is 1. The third-order valence-electron chi connectivity index (χ3n) is 1.57. The first kappa shape index (κ1) is 11.9. The van der Waals surface area contributed by atoms with Crippen molar-refractivity contribution in [1.82, 2.24) is 0 Å². The van der Waals surface area contributed by atoms with Crippen LogP contribution in [-0.2, 0) is 14.3 Å². The van der Waals surface area contributed by atoms with Crippen molar-refractivity contribution in [3.63, 3.8) is 0 Å². The molecule has 13 heavy (non-hydrogen) atoms. The fraction of sp³-hybridized carbons (Fsp3) is 0.714. The van der Waals surface area contributed by atoms with E-state index in [1.807, 2.05) is 0 Å². The standard InChI is InChI=1S/C7H13NO5/c1-13-5(10)3-2-4(9)6(8)7(11)12/h4,6,9H,2-3,8H2,1H3,(H,11,12)/t4-,6+/m1/s1. The van der Waals surface area contributed by atoms with E-state index < -0.39 is 24.1 Å². The van der Waals surface area contributed by atoms with Gasteiger partial charge in [-0.3, -0.25) is 9.59 Å². The van der Waals surface area contributed by atoms with Gasteiger partial charge in [-0.2, -0.15) is 0 Å². The summed E-state index contributed by atoms with van der Waals surface area (Å²) in [6.45, 7) is 0. The molecule has 0 heterocycles. The highest BCUT2D eigenvalue weighted by Crippen LogP contribution is 2.02. The molecule has 0 saturated heterocycles. The first-order chi connectivity index (χ1) is 5.99. The van der Waals surface area contributed by atoms with Crippen LogP contribution in [0.5, 0.6) is 0 Å². The molecule has 0 bridgehead atoms. The van der Waals surface area contributed by atoms with Crippen molar-refractivity contribution in [3.05, 3.63) is 0 Å². The quantitative estimate of drug-likeness (QED) is 0.466. The molecule has 6 nitrogen and oxygen atoms in total. The number of hydrogen-bond acceptors (Lipinski definition) is 5. The largest absolute Gasteiger partial charge is 0.480 e. The molecule has 0 radical (unpaired) electrons. The van der Waals surface area contributed by atoms with E-state index in [4.69, 9.17) is 15.9 Å². The minimum absolute atomic E-state index is 0.0138. The second-order valence-electron chi connectivity index (χ2n) is 2.55. The number of carbonyl (C=O) groups excluding carboxylic acids is 1. The molecule has 0 saturated carbocycles. The lowest BCUT2D eigenvalue weighted by molar-refractivity contribution is -0.144. The minimum atomic E-state index is -1.36. The predicted octanol–water partition coefficient (Wildman–Crippen LogP) is -1.29. The summed E-state index contributed by atoms with van der Waals surface area (Å²) in [6.07, 6.45) is -1.28. The van der Waals surface area contributed by atoms with Crippen LogP contribution in [0.15, 0.2) is 0 Å². The molecule has 0 aromatic rings. The number of rotatable bonds is 5. The van der Waals surface area contributed by atoms with Crippen molar-refractivity contribution in [2.24, 2.45) is 5.73 Å². The Morgan fingerprint density at radius 1 is 1.54 bits per heavy atom. The second kappa shape index (κ2) is 5.50. The maximum absolute atomic E-state index is 10.6. The highest BCUT2D eigenvalue weighted by Gasteiger charge is 2.22. The highest BCUT2D eigenvalue weighted by molar-refractivity contribution is 5.74. The summed E-state index contributed by atoms with van der Waals surface area (Å²) in [4.78, 5) is 20.8. The Kier molecular flexibility index (Phi) is 5.01. The van der Waals surface area contributed by atoms with E-state index in [0.717, 1.165) is 0 Å². The Morgan fingerprint density at radius 2 is 2.08 bits per heavy atom. The molecule has 0 spiro atoms. The van der Waals surface area contributed by atoms with E-state index in [2.05, 4.69) is 4.74 Å². The van der Waals surface area contributed by atoms with Crippen LogP contribution in [0.3, 0.4) is 0 Å². The highest BCUT2D eigenvalue weighted by atomic mass is 16.5. The molecule has 0 amide bonds. The summed E-state index contributed by atoms with van der Waals surface area (Å²) in [7, 11) is 1.21. The minimum Gasteiger partial charge on any atom is -0.480 e. The number of aliphatic hydroxyl groups is 1. The molecular formula is C7H13NO5. The van der Waals surface area contributed by atoms with E-state index in [9.17, 15) is 9.59 Å². The number of ether oxygens (including phenoxy) is 1. The molecule has 0 aliphatic heterocycles. The van der Waals surface area contributed by atoms with Crippen molar-refractivity contribution in [2.45, 2.75) is 25.0 Å². The third kappa shape index (κ3) is 4.44. The Morgan fingerprint density at radius 3 is 2.46 bits per heavy atom. The summed E-state index contributed by atoms with van der Waals surface area (Å²) in [5.41, 5.74) is 5.09. The van der Waals surface area contributed by atoms with Crippen molar-refractivity contribution < 1.29 is 24.5 Å². The van der Waals surface area contributed by atoms with Gasteiger partial charge in [0.1, 0.15) is 6.04 Å². The van der Waals surface area contributed by atoms with E-state index >= 15 is 0 Å². The van der Waals surface area contributed by atoms with Gasteiger partial charge in [0.05, 0.1) is 13.2 Å². The van der Waals surface area contributed by atoms with Crippen LogP contribution >= 0.6 is 0 Å². The molecule has 0 aromatic heterocycles. The number of nitrogens with two attached hydrogens (primary N) is 1. The fourth-order valence-electron chi connectivity index (χ4n) is 0.712. The average Bonchev–Trinajstić information content (AvgIpc) is 2.11. The number of methoxy groups -OCH3 is 1. The first-order valence-electron chi connectivity index (χ1n) is 3.72. The zero-order valence-corrected chi connectivity index (χ0v) is 7.27. The van der Waals surface area contributed by atoms with Crippen LogP contribution < -0.4 is 5.73 Å². The van der Waals surface area contributed by atoms with Gasteiger partial charge in [0.25, 0.3) is 0 Å². The van der Waals surface area contributed by atoms with Crippen LogP contribution in [0.2, 0.25) is 0 Å². The summed E-state index contributed by atoms with van der Waals surface area (Å²) < 4.78 is 4.30. The van der Waals surface area contributed by atoms with Gasteiger partial charge < -0.3 is 20.7 Å². The Balaban J connectivity index is 3.80. The predicted molar refractivity (Wildman–Crippen MR) is 42.9 cm³/mol. The van der Waals surface area contributed by atoms with Gasteiger partial charge in [-0.15, -0.1) is 0 Å². The van der Waals surface area contributed by atoms with E-state index in [1.165, 1.54) is 7.11 Å². The summed E-state index contributed by atoms with van der Waals surface area (Å²) in [6, 6.07) is -1.36. The first-order valence-corrected chi connectivity index (χ1v) is 3.72. The Bertz CT molecular complexity index is 193. The van der Waals surface area contributed by atoms with Crippen LogP contribution in [0.25, 0.3) is 0 Å². The fourth-order valence-corrected chi connectivity index (χ4v) is 0.712. The molecule has 4 N–H and O–H groups in total. The van der Waals surface area contributed by atoms with Crippen molar-refractivity contribution in [1.29, 1.82) is 0 Å². The summed E-state index contributed by atoms with van der Waals surface area (Å²) >= 11 is 0. The number of hydrogen-bond donors (Lipinski definition) is 3. The van der Waals surface area contributed by atoms with Crippen LogP contribution in [0, 0.1) is 0 Å². The lowest BCUT2D eigenvalue weighted by atomic mass is 10.1. The molecule has 2 atom stereocenters. The number of carboxylic acid groups (broad SMARTS) is 1. The van der Waals surface area contributed by atoms with Crippen molar-refractivity contribution >= 4 is 11.9 Å². The van der Waals surface area contributed by atoms with Gasteiger partial charge in [0.2, 0.25) is 0 Å². The van der Waals surface area contributed by atoms with Gasteiger partial charge in [-0.25, -0.2) is 0 Å². The molecule has 0 aliphatic carbocycles. The molecule has 76 valence electrons. The van der Waals surface area contributed by atoms with Crippen molar-refractivity contribution in [3.8, 4) is 0 Å². The van der Waals surface area contributed by atoms with E-state index in [1.54, 1.807) is 0 Å². The smallest absolute Gasteiger partial charge is 0.323 e. The number of aliphatic carboxylic acids is 1. The lowest BCUT2D eigenvalue weighted by Gasteiger charge is -2.13. The molecule has 0 unspecified atom stereocenters. The molecule has 0 fully saturated rings. The monoisotopic (exact) mass is 191 g/mol. The number of carbonyl (C=O) groups is 2. The zero-order valence-electron chi connectivity index (χ0n) is 7.27. The summed E-state index contributed by atoms with van der Waals surface area (Å²) in [5, 5.41) is 17.5. The van der Waals surface area contributed by atoms with Gasteiger partial charge >= 0.3 is 11.9 Å². The topological polar surface area (TPSA) is 110 Å². The lowest BCUT2D eigenvalue weighted by Crippen LogP contribution is -2.41. The molecule has 6 heteroatoms. The summed E-state index contributed by atoms with van der Waals surface area (Å²) in [5.74, 6) is -1.80. The molecule has 0 aromatic carbocycles. The van der Waals surface area contributed by atoms with Crippen LogP contribution in [-0.4, -0.2) is 41.4 Å². The maximum atomic E-state index is 10.6. The van der Waals surface area contributed by atoms with Gasteiger partial charge in [-0.05, 0) is 6.42 Å². The number of esters is 1. The SMILES string of the molecule is COC(=O)CC[C@@H](O)[C@H](N)C(=O)O. The van der Waals surface area contributed by atoms with Crippen molar-refractivity contribution in [2.75, 3.05) is 7.11 Å². The van der Waals surface area contributed by atoms with Gasteiger partial charge in [0.15, 0.2) is 0 Å². The molecule has 0 rings (SSSR count).